The van der Waals surface area contributed by atoms with E-state index in [2.05, 4.69) is 10.2 Å². The van der Waals surface area contributed by atoms with Crippen LogP contribution in [0.1, 0.15) is 10.5 Å². The predicted molar refractivity (Wildman–Crippen MR) is 106 cm³/mol. The monoisotopic (exact) mass is 424 g/mol. The Morgan fingerprint density at radius 3 is 2.07 bits per heavy atom. The molecule has 2 aromatic rings. The third-order valence-electron chi connectivity index (χ3n) is 4.76. The number of sulfonamides is 1. The van der Waals surface area contributed by atoms with Crippen molar-refractivity contribution in [1.29, 1.82) is 0 Å². The van der Waals surface area contributed by atoms with Crippen molar-refractivity contribution in [3.8, 4) is 28.5 Å². The molecule has 10 nitrogen and oxygen atoms in total. The Bertz CT molecular complexity index is 971. The van der Waals surface area contributed by atoms with Crippen LogP contribution < -0.4 is 14.2 Å². The fraction of sp³-hybridized carbons (Fsp3) is 0.444. The van der Waals surface area contributed by atoms with Gasteiger partial charge in [-0.05, 0) is 18.2 Å². The molecule has 2 heterocycles. The first-order valence-corrected chi connectivity index (χ1v) is 10.7. The van der Waals surface area contributed by atoms with E-state index >= 15 is 0 Å². The summed E-state index contributed by atoms with van der Waals surface area (Å²) in [6, 6.07) is 5.14. The molecular weight excluding hydrogens is 400 g/mol. The first-order chi connectivity index (χ1) is 13.8. The van der Waals surface area contributed by atoms with E-state index in [-0.39, 0.29) is 19.0 Å². The first kappa shape index (κ1) is 20.9. The van der Waals surface area contributed by atoms with Crippen LogP contribution >= 0.6 is 0 Å². The molecule has 1 aliphatic heterocycles. The minimum absolute atomic E-state index is 0.232. The molecule has 0 unspecified atom stereocenters. The highest BCUT2D eigenvalue weighted by Gasteiger charge is 2.27. The number of aromatic amines is 1. The molecule has 0 atom stereocenters. The second-order valence-corrected chi connectivity index (χ2v) is 8.52. The van der Waals surface area contributed by atoms with Crippen molar-refractivity contribution in [3.05, 3.63) is 23.9 Å². The van der Waals surface area contributed by atoms with Gasteiger partial charge in [-0.1, -0.05) is 0 Å². The molecule has 1 aromatic carbocycles. The molecule has 0 radical (unpaired) electrons. The van der Waals surface area contributed by atoms with Gasteiger partial charge in [0.1, 0.15) is 5.69 Å². The highest BCUT2D eigenvalue weighted by Crippen LogP contribution is 2.40. The average Bonchev–Trinajstić information content (AvgIpc) is 3.21. The Hall–Kier alpha value is -2.79. The van der Waals surface area contributed by atoms with Crippen molar-refractivity contribution >= 4 is 15.9 Å². The summed E-state index contributed by atoms with van der Waals surface area (Å²) in [6.07, 6.45) is 1.17. The number of methoxy groups -OCH3 is 3. The Kier molecular flexibility index (Phi) is 5.99. The van der Waals surface area contributed by atoms with Gasteiger partial charge in [-0.2, -0.15) is 9.40 Å². The largest absolute Gasteiger partial charge is 0.493 e. The number of piperazine rings is 1. The number of carbonyl (C=O) groups excluding carboxylic acids is 1. The number of nitrogens with one attached hydrogen (secondary N) is 1. The fourth-order valence-corrected chi connectivity index (χ4v) is 4.03. The van der Waals surface area contributed by atoms with E-state index in [1.807, 2.05) is 0 Å². The number of amides is 1. The molecule has 158 valence electrons. The van der Waals surface area contributed by atoms with Crippen LogP contribution in [0.3, 0.4) is 0 Å². The number of hydrogen-bond donors (Lipinski definition) is 1. The van der Waals surface area contributed by atoms with Crippen molar-refractivity contribution in [1.82, 2.24) is 19.4 Å². The summed E-state index contributed by atoms with van der Waals surface area (Å²) >= 11 is 0. The van der Waals surface area contributed by atoms with E-state index in [0.29, 0.717) is 47.3 Å². The van der Waals surface area contributed by atoms with Crippen molar-refractivity contribution < 1.29 is 27.4 Å². The Balaban J connectivity index is 1.80. The second-order valence-electron chi connectivity index (χ2n) is 6.54. The Labute approximate surface area is 169 Å². The molecule has 0 saturated carbocycles. The second kappa shape index (κ2) is 8.29. The van der Waals surface area contributed by atoms with E-state index < -0.39 is 10.0 Å². The van der Waals surface area contributed by atoms with Crippen molar-refractivity contribution in [3.63, 3.8) is 0 Å². The lowest BCUT2D eigenvalue weighted by Crippen LogP contribution is -2.50. The summed E-state index contributed by atoms with van der Waals surface area (Å²) in [5.74, 6) is 1.20. The molecule has 0 spiro atoms. The van der Waals surface area contributed by atoms with E-state index in [1.165, 1.54) is 31.9 Å². The molecule has 3 rings (SSSR count). The number of carbonyl (C=O) groups is 1. The zero-order chi connectivity index (χ0) is 21.2. The molecule has 0 bridgehead atoms. The van der Waals surface area contributed by atoms with Gasteiger partial charge in [-0.25, -0.2) is 8.42 Å². The summed E-state index contributed by atoms with van der Waals surface area (Å²) in [7, 11) is 1.32. The maximum Gasteiger partial charge on any atom is 0.271 e. The van der Waals surface area contributed by atoms with Crippen molar-refractivity contribution in [2.45, 2.75) is 0 Å². The maximum absolute atomic E-state index is 12.8. The topological polar surface area (TPSA) is 114 Å². The molecule has 1 aliphatic rings. The molecule has 0 aliphatic carbocycles. The van der Waals surface area contributed by atoms with Gasteiger partial charge >= 0.3 is 0 Å². The predicted octanol–water partition coefficient (Wildman–Crippen LogP) is 0.820. The summed E-state index contributed by atoms with van der Waals surface area (Å²) in [4.78, 5) is 14.4. The van der Waals surface area contributed by atoms with E-state index in [9.17, 15) is 13.2 Å². The quantitative estimate of drug-likeness (QED) is 0.730. The molecule has 1 amide bonds. The molecular formula is C18H24N4O6S. The average molecular weight is 424 g/mol. The summed E-state index contributed by atoms with van der Waals surface area (Å²) < 4.78 is 40.6. The van der Waals surface area contributed by atoms with Crippen LogP contribution in [0.5, 0.6) is 17.2 Å². The van der Waals surface area contributed by atoms with Gasteiger partial charge in [0.15, 0.2) is 11.5 Å². The molecule has 1 aromatic heterocycles. The third-order valence-corrected chi connectivity index (χ3v) is 6.07. The van der Waals surface area contributed by atoms with Gasteiger partial charge in [-0.3, -0.25) is 9.89 Å². The van der Waals surface area contributed by atoms with Gasteiger partial charge in [0.25, 0.3) is 5.91 Å². The zero-order valence-electron chi connectivity index (χ0n) is 16.8. The van der Waals surface area contributed by atoms with E-state index in [0.717, 1.165) is 0 Å². The molecule has 29 heavy (non-hydrogen) atoms. The van der Waals surface area contributed by atoms with Crippen LogP contribution in [0.4, 0.5) is 0 Å². The minimum Gasteiger partial charge on any atom is -0.493 e. The summed E-state index contributed by atoms with van der Waals surface area (Å²) in [6.45, 7) is 1.20. The smallest absolute Gasteiger partial charge is 0.271 e. The van der Waals surface area contributed by atoms with Gasteiger partial charge < -0.3 is 19.1 Å². The van der Waals surface area contributed by atoms with Crippen LogP contribution in [0.15, 0.2) is 18.2 Å². The number of aromatic nitrogens is 2. The molecule has 1 fully saturated rings. The Morgan fingerprint density at radius 2 is 1.59 bits per heavy atom. The molecule has 1 saturated heterocycles. The zero-order valence-corrected chi connectivity index (χ0v) is 17.6. The molecule has 1 N–H and O–H groups in total. The molecule has 11 heteroatoms. The lowest BCUT2D eigenvalue weighted by atomic mass is 10.1. The lowest BCUT2D eigenvalue weighted by Gasteiger charge is -2.32. The number of hydrogen-bond acceptors (Lipinski definition) is 7. The maximum atomic E-state index is 12.8. The number of benzene rings is 1. The number of ether oxygens (including phenoxy) is 3. The fourth-order valence-electron chi connectivity index (χ4n) is 3.20. The Morgan fingerprint density at radius 1 is 1.00 bits per heavy atom. The number of rotatable bonds is 6. The van der Waals surface area contributed by atoms with E-state index in [1.54, 1.807) is 23.1 Å². The standard InChI is InChI=1S/C18H24N4O6S/c1-26-15-9-12(10-16(27-2)17(15)28-3)13-11-14(20-19-13)18(23)21-5-7-22(8-6-21)29(4,24)25/h9-11H,5-8H2,1-4H3,(H,19,20). The van der Waals surface area contributed by atoms with Crippen LogP contribution in [-0.4, -0.2) is 87.5 Å². The number of nitrogens with zero attached hydrogens (tertiary/aromatic N) is 3. The van der Waals surface area contributed by atoms with E-state index in [4.69, 9.17) is 14.2 Å². The highest BCUT2D eigenvalue weighted by atomic mass is 32.2. The van der Waals surface area contributed by atoms with Crippen molar-refractivity contribution in [2.24, 2.45) is 0 Å². The van der Waals surface area contributed by atoms with Gasteiger partial charge in [0.2, 0.25) is 15.8 Å². The van der Waals surface area contributed by atoms with Crippen LogP contribution in [-0.2, 0) is 10.0 Å². The van der Waals surface area contributed by atoms with Crippen LogP contribution in [0, 0.1) is 0 Å². The lowest BCUT2D eigenvalue weighted by molar-refractivity contribution is 0.0692. The van der Waals surface area contributed by atoms with Crippen LogP contribution in [0.25, 0.3) is 11.3 Å². The SMILES string of the molecule is COc1cc(-c2cc(C(=O)N3CCN(S(C)(=O)=O)CC3)[nH]n2)cc(OC)c1OC. The highest BCUT2D eigenvalue weighted by molar-refractivity contribution is 7.88. The summed E-state index contributed by atoms with van der Waals surface area (Å²) in [5.41, 5.74) is 1.56. The van der Waals surface area contributed by atoms with Gasteiger partial charge in [0.05, 0.1) is 33.3 Å². The normalized spacial score (nSPS) is 15.2. The third kappa shape index (κ3) is 4.30. The first-order valence-electron chi connectivity index (χ1n) is 8.88. The summed E-state index contributed by atoms with van der Waals surface area (Å²) in [5, 5.41) is 6.99. The van der Waals surface area contributed by atoms with Crippen molar-refractivity contribution in [2.75, 3.05) is 53.8 Å². The van der Waals surface area contributed by atoms with Gasteiger partial charge in [-0.15, -0.1) is 0 Å². The van der Waals surface area contributed by atoms with Crippen LogP contribution in [0.2, 0.25) is 0 Å². The minimum atomic E-state index is -3.25. The van der Waals surface area contributed by atoms with Gasteiger partial charge in [0, 0.05) is 31.7 Å². The number of H-pyrrole nitrogens is 1.